The summed E-state index contributed by atoms with van der Waals surface area (Å²) in [5.41, 5.74) is 0.114. The first-order valence-corrected chi connectivity index (χ1v) is 8.40. The highest BCUT2D eigenvalue weighted by atomic mass is 16.2. The Morgan fingerprint density at radius 1 is 1.13 bits per heavy atom. The standard InChI is InChI=1S/C17H26N4O2/c1-3-4-5-6-7-8-9-10-11-12-21-13-18-14-15(22)19-17(23)20(2)16(14)21/h3,13H,1,4-12H2,2H3,(H,19,22,23). The molecule has 2 rings (SSSR count). The Labute approximate surface area is 135 Å². The molecule has 126 valence electrons. The number of H-pyrrole nitrogens is 1. The van der Waals surface area contributed by atoms with Crippen LogP contribution in [-0.4, -0.2) is 19.1 Å². The average molecular weight is 318 g/mol. The average Bonchev–Trinajstić information content (AvgIpc) is 2.96. The highest BCUT2D eigenvalue weighted by Gasteiger charge is 2.10. The van der Waals surface area contributed by atoms with Gasteiger partial charge in [0.05, 0.1) is 6.33 Å². The van der Waals surface area contributed by atoms with Crippen molar-refractivity contribution in [2.45, 2.75) is 57.9 Å². The maximum absolute atomic E-state index is 11.7. The Kier molecular flexibility index (Phi) is 6.38. The lowest BCUT2D eigenvalue weighted by atomic mass is 10.1. The summed E-state index contributed by atoms with van der Waals surface area (Å²) in [5.74, 6) is 0. The second kappa shape index (κ2) is 8.50. The number of allylic oxidation sites excluding steroid dienone is 1. The van der Waals surface area contributed by atoms with Gasteiger partial charge in [-0.25, -0.2) is 9.78 Å². The minimum Gasteiger partial charge on any atom is -0.316 e. The van der Waals surface area contributed by atoms with Gasteiger partial charge in [0.15, 0.2) is 5.52 Å². The summed E-state index contributed by atoms with van der Waals surface area (Å²) in [6, 6.07) is 0. The zero-order valence-corrected chi connectivity index (χ0v) is 13.9. The molecule has 6 nitrogen and oxygen atoms in total. The van der Waals surface area contributed by atoms with Crippen molar-refractivity contribution >= 4 is 11.2 Å². The summed E-state index contributed by atoms with van der Waals surface area (Å²) < 4.78 is 3.35. The molecule has 0 fully saturated rings. The van der Waals surface area contributed by atoms with Gasteiger partial charge in [0.1, 0.15) is 5.65 Å². The lowest BCUT2D eigenvalue weighted by Crippen LogP contribution is -2.29. The summed E-state index contributed by atoms with van der Waals surface area (Å²) in [6.07, 6.45) is 13.2. The number of nitrogens with zero attached hydrogens (tertiary/aromatic N) is 3. The van der Waals surface area contributed by atoms with Crippen LogP contribution in [-0.2, 0) is 13.6 Å². The molecule has 0 saturated carbocycles. The Hall–Kier alpha value is -2.11. The highest BCUT2D eigenvalue weighted by Crippen LogP contribution is 2.11. The van der Waals surface area contributed by atoms with E-state index < -0.39 is 11.2 Å². The van der Waals surface area contributed by atoms with Gasteiger partial charge >= 0.3 is 5.69 Å². The quantitative estimate of drug-likeness (QED) is 0.541. The molecular weight excluding hydrogens is 292 g/mol. The van der Waals surface area contributed by atoms with Crippen LogP contribution in [0.3, 0.4) is 0 Å². The molecule has 6 heteroatoms. The van der Waals surface area contributed by atoms with E-state index in [1.165, 1.54) is 36.7 Å². The molecule has 2 heterocycles. The number of aryl methyl sites for hydroxylation is 2. The predicted molar refractivity (Wildman–Crippen MR) is 92.7 cm³/mol. The molecule has 0 unspecified atom stereocenters. The molecule has 2 aromatic rings. The molecule has 0 spiro atoms. The van der Waals surface area contributed by atoms with Gasteiger partial charge in [-0.1, -0.05) is 38.2 Å². The van der Waals surface area contributed by atoms with Crippen molar-refractivity contribution < 1.29 is 0 Å². The summed E-state index contributed by atoms with van der Waals surface area (Å²) in [4.78, 5) is 29.8. The normalized spacial score (nSPS) is 11.2. The number of hydrogen-bond donors (Lipinski definition) is 1. The van der Waals surface area contributed by atoms with Crippen molar-refractivity contribution in [2.24, 2.45) is 7.05 Å². The molecular formula is C17H26N4O2. The van der Waals surface area contributed by atoms with Crippen LogP contribution in [0.1, 0.15) is 51.4 Å². The van der Waals surface area contributed by atoms with Crippen molar-refractivity contribution in [1.82, 2.24) is 19.1 Å². The van der Waals surface area contributed by atoms with Crippen LogP contribution in [0.25, 0.3) is 11.2 Å². The van der Waals surface area contributed by atoms with Crippen molar-refractivity contribution in [3.05, 3.63) is 39.8 Å². The minimum atomic E-state index is -0.415. The van der Waals surface area contributed by atoms with E-state index in [1.54, 1.807) is 13.4 Å². The summed E-state index contributed by atoms with van der Waals surface area (Å²) in [6.45, 7) is 4.51. The van der Waals surface area contributed by atoms with Gasteiger partial charge < -0.3 is 4.57 Å². The van der Waals surface area contributed by atoms with E-state index >= 15 is 0 Å². The fraction of sp³-hybridized carbons (Fsp3) is 0.588. The molecule has 0 aliphatic heterocycles. The molecule has 0 bridgehead atoms. The lowest BCUT2D eigenvalue weighted by molar-refractivity contribution is 0.547. The first kappa shape index (κ1) is 17.2. The number of aromatic nitrogens is 4. The van der Waals surface area contributed by atoms with Crippen molar-refractivity contribution in [2.75, 3.05) is 0 Å². The van der Waals surface area contributed by atoms with Crippen LogP contribution in [0.2, 0.25) is 0 Å². The van der Waals surface area contributed by atoms with E-state index in [4.69, 9.17) is 0 Å². The van der Waals surface area contributed by atoms with E-state index in [1.807, 2.05) is 10.6 Å². The number of aromatic amines is 1. The Balaban J connectivity index is 1.81. The topological polar surface area (TPSA) is 72.7 Å². The lowest BCUT2D eigenvalue weighted by Gasteiger charge is -2.07. The molecule has 0 atom stereocenters. The highest BCUT2D eigenvalue weighted by molar-refractivity contribution is 5.69. The van der Waals surface area contributed by atoms with E-state index in [2.05, 4.69) is 16.5 Å². The minimum absolute atomic E-state index is 0.328. The van der Waals surface area contributed by atoms with Gasteiger partial charge in [0.25, 0.3) is 5.56 Å². The predicted octanol–water partition coefficient (Wildman–Crippen LogP) is 2.73. The third kappa shape index (κ3) is 4.43. The van der Waals surface area contributed by atoms with Crippen LogP contribution >= 0.6 is 0 Å². The Morgan fingerprint density at radius 2 is 1.78 bits per heavy atom. The molecule has 2 aromatic heterocycles. The number of fused-ring (bicyclic) bond motifs is 1. The first-order valence-electron chi connectivity index (χ1n) is 8.40. The Morgan fingerprint density at radius 3 is 2.48 bits per heavy atom. The SMILES string of the molecule is C=CCCCCCCCCCn1cnc2c(=O)[nH]c(=O)n(C)c21. The summed E-state index contributed by atoms with van der Waals surface area (Å²) >= 11 is 0. The van der Waals surface area contributed by atoms with Crippen LogP contribution in [0.15, 0.2) is 28.6 Å². The smallest absolute Gasteiger partial charge is 0.316 e. The van der Waals surface area contributed by atoms with Crippen molar-refractivity contribution in [3.63, 3.8) is 0 Å². The van der Waals surface area contributed by atoms with E-state index in [0.29, 0.717) is 11.2 Å². The maximum Gasteiger partial charge on any atom is 0.329 e. The fourth-order valence-corrected chi connectivity index (χ4v) is 2.84. The summed E-state index contributed by atoms with van der Waals surface area (Å²) in [7, 11) is 1.65. The number of rotatable bonds is 10. The van der Waals surface area contributed by atoms with Gasteiger partial charge in [0, 0.05) is 13.6 Å². The molecule has 0 aliphatic carbocycles. The monoisotopic (exact) mass is 318 g/mol. The fourth-order valence-electron chi connectivity index (χ4n) is 2.84. The van der Waals surface area contributed by atoms with Crippen LogP contribution in [0.4, 0.5) is 0 Å². The molecule has 23 heavy (non-hydrogen) atoms. The number of nitrogens with one attached hydrogen (secondary N) is 1. The largest absolute Gasteiger partial charge is 0.329 e. The van der Waals surface area contributed by atoms with Crippen molar-refractivity contribution in [1.29, 1.82) is 0 Å². The van der Waals surface area contributed by atoms with Crippen LogP contribution in [0, 0.1) is 0 Å². The first-order chi connectivity index (χ1) is 11.1. The zero-order chi connectivity index (χ0) is 16.7. The van der Waals surface area contributed by atoms with E-state index in [9.17, 15) is 9.59 Å². The molecule has 1 N–H and O–H groups in total. The zero-order valence-electron chi connectivity index (χ0n) is 13.9. The number of hydrogen-bond acceptors (Lipinski definition) is 3. The second-order valence-corrected chi connectivity index (χ2v) is 5.98. The van der Waals surface area contributed by atoms with Gasteiger partial charge in [-0.3, -0.25) is 14.3 Å². The van der Waals surface area contributed by atoms with E-state index in [0.717, 1.165) is 25.8 Å². The molecule has 0 amide bonds. The summed E-state index contributed by atoms with van der Waals surface area (Å²) in [5, 5.41) is 0. The molecule has 0 radical (unpaired) electrons. The molecule has 0 aromatic carbocycles. The molecule has 0 saturated heterocycles. The van der Waals surface area contributed by atoms with Gasteiger partial charge in [-0.05, 0) is 19.3 Å². The Bertz CT molecular complexity index is 754. The van der Waals surface area contributed by atoms with Crippen LogP contribution in [0.5, 0.6) is 0 Å². The number of imidazole rings is 1. The van der Waals surface area contributed by atoms with Gasteiger partial charge in [-0.15, -0.1) is 6.58 Å². The second-order valence-electron chi connectivity index (χ2n) is 5.98. The number of unbranched alkanes of at least 4 members (excludes halogenated alkanes) is 7. The third-order valence-corrected chi connectivity index (χ3v) is 4.18. The van der Waals surface area contributed by atoms with Gasteiger partial charge in [-0.2, -0.15) is 0 Å². The van der Waals surface area contributed by atoms with Gasteiger partial charge in [0.2, 0.25) is 0 Å². The maximum atomic E-state index is 11.7. The van der Waals surface area contributed by atoms with Crippen LogP contribution < -0.4 is 11.2 Å². The van der Waals surface area contributed by atoms with Crippen molar-refractivity contribution in [3.8, 4) is 0 Å². The molecule has 0 aliphatic rings. The van der Waals surface area contributed by atoms with E-state index in [-0.39, 0.29) is 0 Å². The third-order valence-electron chi connectivity index (χ3n) is 4.18.